The Hall–Kier alpha value is -2.43. The van der Waals surface area contributed by atoms with E-state index in [2.05, 4.69) is 26.0 Å². The Labute approximate surface area is 179 Å². The number of hydrogen-bond acceptors (Lipinski definition) is 5. The third-order valence-corrected chi connectivity index (χ3v) is 5.02. The van der Waals surface area contributed by atoms with Crippen molar-refractivity contribution < 1.29 is 19.0 Å². The molecule has 0 amide bonds. The second kappa shape index (κ2) is 13.7. The molecule has 1 aromatic heterocycles. The molecule has 5 nitrogen and oxygen atoms in total. The van der Waals surface area contributed by atoms with Crippen molar-refractivity contribution in [1.29, 1.82) is 0 Å². The quantitative estimate of drug-likeness (QED) is 0.197. The molecule has 0 atom stereocenters. The van der Waals surface area contributed by atoms with Crippen LogP contribution in [0.25, 0.3) is 11.0 Å². The number of hydrogen-bond donors (Lipinski definition) is 1. The molecule has 1 N–H and O–H groups in total. The summed E-state index contributed by atoms with van der Waals surface area (Å²) in [5.74, 6) is 0.178. The molecule has 1 aromatic carbocycles. The summed E-state index contributed by atoms with van der Waals surface area (Å²) in [5.41, 5.74) is -0.499. The second-order valence-electron chi connectivity index (χ2n) is 7.54. The zero-order chi connectivity index (χ0) is 21.6. The summed E-state index contributed by atoms with van der Waals surface area (Å²) in [6.07, 6.45) is 15.5. The summed E-state index contributed by atoms with van der Waals surface area (Å²) >= 11 is 0. The van der Waals surface area contributed by atoms with Crippen molar-refractivity contribution in [2.24, 2.45) is 0 Å². The van der Waals surface area contributed by atoms with Gasteiger partial charge in [0.05, 0.1) is 18.6 Å². The summed E-state index contributed by atoms with van der Waals surface area (Å²) in [4.78, 5) is 12.1. The van der Waals surface area contributed by atoms with Gasteiger partial charge in [0, 0.05) is 0 Å². The largest absolute Gasteiger partial charge is 0.499 e. The number of allylic oxidation sites excluding steroid dienone is 1. The van der Waals surface area contributed by atoms with Gasteiger partial charge in [-0.2, -0.15) is 0 Å². The average Bonchev–Trinajstić information content (AvgIpc) is 2.75. The zero-order valence-corrected chi connectivity index (χ0v) is 18.5. The minimum atomic E-state index is -0.810. The summed E-state index contributed by atoms with van der Waals surface area (Å²) in [7, 11) is 0. The maximum absolute atomic E-state index is 12.1. The first-order chi connectivity index (χ1) is 14.7. The maximum Gasteiger partial charge on any atom is 0.382 e. The van der Waals surface area contributed by atoms with Gasteiger partial charge in [-0.05, 0) is 31.4 Å². The summed E-state index contributed by atoms with van der Waals surface area (Å²) in [6.45, 7) is 5.24. The van der Waals surface area contributed by atoms with E-state index in [1.165, 1.54) is 38.5 Å². The predicted octanol–water partition coefficient (Wildman–Crippen LogP) is 6.75. The number of aromatic hydroxyl groups is 1. The molecule has 0 saturated heterocycles. The van der Waals surface area contributed by atoms with Gasteiger partial charge in [-0.3, -0.25) is 0 Å². The molecule has 2 aromatic rings. The number of ether oxygens (including phenoxy) is 2. The van der Waals surface area contributed by atoms with Crippen LogP contribution in [-0.4, -0.2) is 18.3 Å². The molecule has 0 saturated carbocycles. The third-order valence-electron chi connectivity index (χ3n) is 5.02. The summed E-state index contributed by atoms with van der Waals surface area (Å²) < 4.78 is 16.9. The molecule has 1 heterocycles. The topological polar surface area (TPSA) is 68.9 Å². The highest BCUT2D eigenvalue weighted by Gasteiger charge is 2.18. The standard InChI is InChI=1S/C25H36O5/c1-3-5-7-9-10-11-12-14-19-29-24-20-16-15-17-21(28-18-13-8-6-4-2)23(20)30-25(27)22(24)26/h6,8,15-17,26H,3-5,7,9-14,18-19H2,1-2H3. The molecule has 30 heavy (non-hydrogen) atoms. The van der Waals surface area contributed by atoms with Gasteiger partial charge in [0.1, 0.15) is 0 Å². The van der Waals surface area contributed by atoms with Crippen LogP contribution < -0.4 is 15.1 Å². The fourth-order valence-electron chi connectivity index (χ4n) is 3.35. The van der Waals surface area contributed by atoms with Gasteiger partial charge in [0.2, 0.25) is 5.75 Å². The van der Waals surface area contributed by atoms with Crippen LogP contribution in [-0.2, 0) is 0 Å². The Morgan fingerprint density at radius 1 is 0.933 bits per heavy atom. The zero-order valence-electron chi connectivity index (χ0n) is 18.5. The normalized spacial score (nSPS) is 11.4. The van der Waals surface area contributed by atoms with Gasteiger partial charge >= 0.3 is 5.63 Å². The van der Waals surface area contributed by atoms with Gasteiger partial charge in [0.15, 0.2) is 17.1 Å². The van der Waals surface area contributed by atoms with Crippen LogP contribution in [0.3, 0.4) is 0 Å². The molecule has 0 spiro atoms. The van der Waals surface area contributed by atoms with Gasteiger partial charge in [0.25, 0.3) is 0 Å². The highest BCUT2D eigenvalue weighted by atomic mass is 16.5. The van der Waals surface area contributed by atoms with Crippen molar-refractivity contribution in [2.45, 2.75) is 78.1 Å². The molecule has 0 aliphatic carbocycles. The van der Waals surface area contributed by atoms with Crippen molar-refractivity contribution in [3.05, 3.63) is 40.8 Å². The number of rotatable bonds is 15. The molecular formula is C25H36O5. The Balaban J connectivity index is 1.96. The highest BCUT2D eigenvalue weighted by molar-refractivity contribution is 5.89. The SMILES string of the molecule is CCC=CCCOc1cccc2c(OCCCCCCCCCC)c(O)c(=O)oc12. The van der Waals surface area contributed by atoms with Gasteiger partial charge in [-0.15, -0.1) is 0 Å². The van der Waals surface area contributed by atoms with E-state index in [1.54, 1.807) is 12.1 Å². The number of fused-ring (bicyclic) bond motifs is 1. The minimum absolute atomic E-state index is 0.181. The molecule has 0 aliphatic heterocycles. The molecular weight excluding hydrogens is 380 g/mol. The van der Waals surface area contributed by atoms with Crippen LogP contribution in [0.1, 0.15) is 78.1 Å². The van der Waals surface area contributed by atoms with E-state index in [9.17, 15) is 9.90 Å². The van der Waals surface area contributed by atoms with E-state index in [0.717, 1.165) is 25.7 Å². The molecule has 0 unspecified atom stereocenters. The Morgan fingerprint density at radius 3 is 2.40 bits per heavy atom. The number of unbranched alkanes of at least 4 members (excludes halogenated alkanes) is 7. The van der Waals surface area contributed by atoms with E-state index < -0.39 is 11.4 Å². The van der Waals surface area contributed by atoms with Crippen LogP contribution in [0, 0.1) is 0 Å². The van der Waals surface area contributed by atoms with Crippen molar-refractivity contribution >= 4 is 11.0 Å². The van der Waals surface area contributed by atoms with E-state index in [4.69, 9.17) is 13.9 Å². The first-order valence-electron chi connectivity index (χ1n) is 11.4. The molecule has 5 heteroatoms. The summed E-state index contributed by atoms with van der Waals surface area (Å²) in [6, 6.07) is 5.33. The number of benzene rings is 1. The number of para-hydroxylation sites is 1. The van der Waals surface area contributed by atoms with Crippen LogP contribution in [0.2, 0.25) is 0 Å². The lowest BCUT2D eigenvalue weighted by Crippen LogP contribution is -2.06. The van der Waals surface area contributed by atoms with Crippen molar-refractivity contribution in [2.75, 3.05) is 13.2 Å². The minimum Gasteiger partial charge on any atom is -0.499 e. The van der Waals surface area contributed by atoms with Crippen molar-refractivity contribution in [1.82, 2.24) is 0 Å². The third kappa shape index (κ3) is 7.43. The van der Waals surface area contributed by atoms with Crippen molar-refractivity contribution in [3.63, 3.8) is 0 Å². The Bertz CT molecular complexity index is 837. The van der Waals surface area contributed by atoms with E-state index in [-0.39, 0.29) is 5.75 Å². The summed E-state index contributed by atoms with van der Waals surface area (Å²) in [5, 5.41) is 10.8. The lowest BCUT2D eigenvalue weighted by molar-refractivity contribution is 0.284. The smallest absolute Gasteiger partial charge is 0.382 e. The van der Waals surface area contributed by atoms with Crippen LogP contribution >= 0.6 is 0 Å². The Kier molecular flexibility index (Phi) is 10.9. The van der Waals surface area contributed by atoms with E-state index >= 15 is 0 Å². The first kappa shape index (κ1) is 23.8. The molecule has 0 bridgehead atoms. The fourth-order valence-corrected chi connectivity index (χ4v) is 3.35. The van der Waals surface area contributed by atoms with Crippen LogP contribution in [0.15, 0.2) is 39.6 Å². The molecule has 0 aliphatic rings. The maximum atomic E-state index is 12.1. The van der Waals surface area contributed by atoms with Gasteiger partial charge in [-0.25, -0.2) is 4.79 Å². The van der Waals surface area contributed by atoms with Crippen LogP contribution in [0.4, 0.5) is 0 Å². The van der Waals surface area contributed by atoms with Gasteiger partial charge < -0.3 is 19.0 Å². The molecule has 0 fully saturated rings. The average molecular weight is 417 g/mol. The lowest BCUT2D eigenvalue weighted by atomic mass is 10.1. The molecule has 2 rings (SSSR count). The fraction of sp³-hybridized carbons (Fsp3) is 0.560. The monoisotopic (exact) mass is 416 g/mol. The lowest BCUT2D eigenvalue weighted by Gasteiger charge is -2.12. The molecule has 0 radical (unpaired) electrons. The highest BCUT2D eigenvalue weighted by Crippen LogP contribution is 2.36. The van der Waals surface area contributed by atoms with E-state index in [0.29, 0.717) is 29.9 Å². The Morgan fingerprint density at radius 2 is 1.67 bits per heavy atom. The van der Waals surface area contributed by atoms with Crippen molar-refractivity contribution in [3.8, 4) is 17.2 Å². The van der Waals surface area contributed by atoms with Gasteiger partial charge in [-0.1, -0.05) is 77.0 Å². The van der Waals surface area contributed by atoms with E-state index in [1.807, 2.05) is 6.07 Å². The van der Waals surface area contributed by atoms with Crippen LogP contribution in [0.5, 0.6) is 17.2 Å². The predicted molar refractivity (Wildman–Crippen MR) is 122 cm³/mol. The second-order valence-corrected chi connectivity index (χ2v) is 7.54. The molecule has 166 valence electrons. The first-order valence-corrected chi connectivity index (χ1v) is 11.4.